The molecule has 2 amide bonds. The van der Waals surface area contributed by atoms with Crippen LogP contribution in [0.5, 0.6) is 0 Å². The van der Waals surface area contributed by atoms with Gasteiger partial charge >= 0.3 is 0 Å². The van der Waals surface area contributed by atoms with Gasteiger partial charge in [0, 0.05) is 25.3 Å². The van der Waals surface area contributed by atoms with Crippen molar-refractivity contribution in [3.63, 3.8) is 0 Å². The van der Waals surface area contributed by atoms with Crippen LogP contribution in [0.3, 0.4) is 0 Å². The van der Waals surface area contributed by atoms with E-state index in [0.29, 0.717) is 31.3 Å². The van der Waals surface area contributed by atoms with Crippen LogP contribution in [0.2, 0.25) is 0 Å². The zero-order valence-electron chi connectivity index (χ0n) is 16.3. The quantitative estimate of drug-likeness (QED) is 0.701. The molecule has 0 bridgehead atoms. The highest BCUT2D eigenvalue weighted by molar-refractivity contribution is 5.97. The molecule has 0 unspecified atom stereocenters. The highest BCUT2D eigenvalue weighted by Crippen LogP contribution is 2.28. The molecule has 8 heteroatoms. The molecule has 28 heavy (non-hydrogen) atoms. The number of halogens is 1. The SMILES string of the molecule is CCN(CC1CCC1)[C@H](CN)C(=O)Nc1ccc(N2CCOCC2=O)cc1F. The summed E-state index contributed by atoms with van der Waals surface area (Å²) in [6.45, 7) is 4.52. The summed E-state index contributed by atoms with van der Waals surface area (Å²) in [6.07, 6.45) is 3.61. The Morgan fingerprint density at radius 1 is 1.46 bits per heavy atom. The van der Waals surface area contributed by atoms with E-state index in [1.807, 2.05) is 6.92 Å². The molecule has 1 heterocycles. The highest BCUT2D eigenvalue weighted by Gasteiger charge is 2.29. The summed E-state index contributed by atoms with van der Waals surface area (Å²) in [5, 5.41) is 2.66. The van der Waals surface area contributed by atoms with Crippen molar-refractivity contribution in [1.82, 2.24) is 4.90 Å². The number of hydrogen-bond acceptors (Lipinski definition) is 5. The Balaban J connectivity index is 1.67. The van der Waals surface area contributed by atoms with Gasteiger partial charge in [0.15, 0.2) is 0 Å². The van der Waals surface area contributed by atoms with Gasteiger partial charge in [0.05, 0.1) is 12.3 Å². The van der Waals surface area contributed by atoms with Crippen LogP contribution in [0.15, 0.2) is 18.2 Å². The average Bonchev–Trinajstić information content (AvgIpc) is 2.65. The number of rotatable bonds is 8. The topological polar surface area (TPSA) is 87.9 Å². The first kappa shape index (κ1) is 20.7. The van der Waals surface area contributed by atoms with Gasteiger partial charge in [-0.3, -0.25) is 14.5 Å². The Kier molecular flexibility index (Phi) is 6.98. The Labute approximate surface area is 165 Å². The number of likely N-dealkylation sites (N-methyl/N-ethyl adjacent to an activating group) is 1. The number of nitrogens with zero attached hydrogens (tertiary/aromatic N) is 2. The Bertz CT molecular complexity index is 711. The van der Waals surface area contributed by atoms with Gasteiger partial charge in [-0.25, -0.2) is 4.39 Å². The molecule has 1 aromatic carbocycles. The van der Waals surface area contributed by atoms with Crippen LogP contribution in [-0.2, 0) is 14.3 Å². The minimum absolute atomic E-state index is 0.00780. The summed E-state index contributed by atoms with van der Waals surface area (Å²) >= 11 is 0. The molecule has 0 radical (unpaired) electrons. The number of ether oxygens (including phenoxy) is 1. The number of nitrogens with two attached hydrogens (primary N) is 1. The summed E-state index contributed by atoms with van der Waals surface area (Å²) in [4.78, 5) is 28.2. The summed E-state index contributed by atoms with van der Waals surface area (Å²) in [7, 11) is 0. The van der Waals surface area contributed by atoms with E-state index in [1.54, 1.807) is 6.07 Å². The van der Waals surface area contributed by atoms with Crippen molar-refractivity contribution in [1.29, 1.82) is 0 Å². The van der Waals surface area contributed by atoms with Gasteiger partial charge in [-0.15, -0.1) is 0 Å². The average molecular weight is 392 g/mol. The van der Waals surface area contributed by atoms with Gasteiger partial charge in [0.2, 0.25) is 5.91 Å². The first-order valence-corrected chi connectivity index (χ1v) is 9.96. The number of hydrogen-bond donors (Lipinski definition) is 2. The van der Waals surface area contributed by atoms with Crippen LogP contribution in [0.25, 0.3) is 0 Å². The number of carbonyl (C=O) groups is 2. The van der Waals surface area contributed by atoms with E-state index in [0.717, 1.165) is 6.54 Å². The lowest BCUT2D eigenvalue weighted by Crippen LogP contribution is -2.50. The van der Waals surface area contributed by atoms with Crippen molar-refractivity contribution in [3.8, 4) is 0 Å². The first-order chi connectivity index (χ1) is 13.5. The van der Waals surface area contributed by atoms with E-state index in [1.165, 1.54) is 36.3 Å². The van der Waals surface area contributed by atoms with Gasteiger partial charge < -0.3 is 20.7 Å². The molecule has 1 aliphatic carbocycles. The van der Waals surface area contributed by atoms with E-state index >= 15 is 0 Å². The number of carbonyl (C=O) groups excluding carboxylic acids is 2. The van der Waals surface area contributed by atoms with Crippen molar-refractivity contribution >= 4 is 23.2 Å². The molecule has 2 fully saturated rings. The van der Waals surface area contributed by atoms with Crippen LogP contribution < -0.4 is 16.0 Å². The maximum Gasteiger partial charge on any atom is 0.253 e. The van der Waals surface area contributed by atoms with Crippen molar-refractivity contribution in [3.05, 3.63) is 24.0 Å². The van der Waals surface area contributed by atoms with Crippen molar-refractivity contribution < 1.29 is 18.7 Å². The number of amides is 2. The summed E-state index contributed by atoms with van der Waals surface area (Å²) in [5.41, 5.74) is 6.41. The Morgan fingerprint density at radius 3 is 2.82 bits per heavy atom. The molecule has 1 saturated heterocycles. The van der Waals surface area contributed by atoms with Crippen molar-refractivity contribution in [2.24, 2.45) is 11.7 Å². The summed E-state index contributed by atoms with van der Waals surface area (Å²) in [6, 6.07) is 3.89. The van der Waals surface area contributed by atoms with Gasteiger partial charge in [-0.1, -0.05) is 13.3 Å². The Hall–Kier alpha value is -2.03. The van der Waals surface area contributed by atoms with Gasteiger partial charge in [-0.05, 0) is 43.5 Å². The highest BCUT2D eigenvalue weighted by atomic mass is 19.1. The van der Waals surface area contributed by atoms with E-state index in [9.17, 15) is 14.0 Å². The summed E-state index contributed by atoms with van der Waals surface area (Å²) in [5.74, 6) is -0.482. The minimum Gasteiger partial charge on any atom is -0.370 e. The third-order valence-corrected chi connectivity index (χ3v) is 5.60. The number of benzene rings is 1. The fourth-order valence-electron chi connectivity index (χ4n) is 3.69. The van der Waals surface area contributed by atoms with Crippen LogP contribution >= 0.6 is 0 Å². The fraction of sp³-hybridized carbons (Fsp3) is 0.600. The molecule has 3 N–H and O–H groups in total. The van der Waals surface area contributed by atoms with Gasteiger partial charge in [-0.2, -0.15) is 0 Å². The normalized spacial score (nSPS) is 18.9. The fourth-order valence-corrected chi connectivity index (χ4v) is 3.69. The van der Waals surface area contributed by atoms with E-state index in [2.05, 4.69) is 10.2 Å². The maximum absolute atomic E-state index is 14.6. The maximum atomic E-state index is 14.6. The lowest BCUT2D eigenvalue weighted by Gasteiger charge is -2.35. The van der Waals surface area contributed by atoms with Gasteiger partial charge in [0.1, 0.15) is 18.5 Å². The molecule has 1 aromatic rings. The molecule has 1 atom stereocenters. The minimum atomic E-state index is -0.581. The van der Waals surface area contributed by atoms with Crippen LogP contribution in [0.1, 0.15) is 26.2 Å². The van der Waals surface area contributed by atoms with Crippen LogP contribution in [0, 0.1) is 11.7 Å². The van der Waals surface area contributed by atoms with Crippen molar-refractivity contribution in [2.75, 3.05) is 49.6 Å². The zero-order valence-corrected chi connectivity index (χ0v) is 16.3. The van der Waals surface area contributed by atoms with Crippen LogP contribution in [0.4, 0.5) is 15.8 Å². The van der Waals surface area contributed by atoms with Crippen LogP contribution in [-0.4, -0.2) is 62.1 Å². The lowest BCUT2D eigenvalue weighted by molar-refractivity contribution is -0.125. The molecule has 154 valence electrons. The molecular weight excluding hydrogens is 363 g/mol. The predicted molar refractivity (Wildman–Crippen MR) is 106 cm³/mol. The first-order valence-electron chi connectivity index (χ1n) is 9.96. The Morgan fingerprint density at radius 2 is 2.25 bits per heavy atom. The van der Waals surface area contributed by atoms with E-state index in [-0.39, 0.29) is 30.7 Å². The molecule has 1 saturated carbocycles. The molecule has 0 aromatic heterocycles. The number of nitrogens with one attached hydrogen (secondary N) is 1. The number of anilines is 2. The van der Waals surface area contributed by atoms with E-state index in [4.69, 9.17) is 10.5 Å². The largest absolute Gasteiger partial charge is 0.370 e. The predicted octanol–water partition coefficient (Wildman–Crippen LogP) is 1.58. The van der Waals surface area contributed by atoms with Crippen molar-refractivity contribution in [2.45, 2.75) is 32.2 Å². The van der Waals surface area contributed by atoms with Gasteiger partial charge in [0.25, 0.3) is 5.91 Å². The second-order valence-corrected chi connectivity index (χ2v) is 7.39. The molecular formula is C20H29FN4O3. The molecule has 3 rings (SSSR count). The zero-order chi connectivity index (χ0) is 20.1. The molecule has 2 aliphatic rings. The second kappa shape index (κ2) is 9.45. The molecule has 7 nitrogen and oxygen atoms in total. The molecule has 1 aliphatic heterocycles. The summed E-state index contributed by atoms with van der Waals surface area (Å²) < 4.78 is 19.7. The smallest absolute Gasteiger partial charge is 0.253 e. The van der Waals surface area contributed by atoms with E-state index < -0.39 is 11.9 Å². The third-order valence-electron chi connectivity index (χ3n) is 5.60. The molecule has 0 spiro atoms. The number of morpholine rings is 1. The third kappa shape index (κ3) is 4.68. The second-order valence-electron chi connectivity index (χ2n) is 7.39. The monoisotopic (exact) mass is 392 g/mol. The standard InChI is InChI=1S/C20H29FN4O3/c1-2-24(12-14-4-3-5-14)18(11-22)20(27)23-17-7-6-15(10-16(17)21)25-8-9-28-13-19(25)26/h6-7,10,14,18H,2-5,8-9,11-13,22H2,1H3,(H,23,27)/t18-/m1/s1. The lowest BCUT2D eigenvalue weighted by atomic mass is 9.85.